The Kier molecular flexibility index (Phi) is 5.76. The minimum Gasteiger partial charge on any atom is -0.481 e. The van der Waals surface area contributed by atoms with E-state index in [1.807, 2.05) is 21.9 Å². The van der Waals surface area contributed by atoms with Crippen molar-refractivity contribution in [3.63, 3.8) is 0 Å². The minimum atomic E-state index is -0.0652. The first-order chi connectivity index (χ1) is 16.4. The number of fused-ring (bicyclic) bond motifs is 1. The van der Waals surface area contributed by atoms with Crippen LogP contribution in [0.1, 0.15) is 22.5 Å². The highest BCUT2D eigenvalue weighted by Gasteiger charge is 2.50. The van der Waals surface area contributed by atoms with E-state index in [0.717, 1.165) is 12.0 Å². The van der Waals surface area contributed by atoms with Crippen LogP contribution in [0.15, 0.2) is 30.7 Å². The van der Waals surface area contributed by atoms with E-state index in [9.17, 15) is 9.59 Å². The summed E-state index contributed by atoms with van der Waals surface area (Å²) >= 11 is 6.16. The van der Waals surface area contributed by atoms with Crippen LogP contribution in [0, 0.1) is 5.41 Å². The van der Waals surface area contributed by atoms with Crippen molar-refractivity contribution in [2.24, 2.45) is 12.5 Å². The van der Waals surface area contributed by atoms with Crippen LogP contribution in [0.5, 0.6) is 5.88 Å². The highest BCUT2D eigenvalue weighted by Crippen LogP contribution is 2.40. The SMILES string of the molecule is COc1cc(CCNC(=O)N2CCC3(C2)CN(C(=O)c2cc4c(Cl)ncnc4n2C)C3)ccn1. The number of amides is 3. The molecule has 1 N–H and O–H groups in total. The van der Waals surface area contributed by atoms with Gasteiger partial charge in [0, 0.05) is 57.4 Å². The summed E-state index contributed by atoms with van der Waals surface area (Å²) in [6.45, 7) is 3.14. The molecule has 0 bridgehead atoms. The van der Waals surface area contributed by atoms with Gasteiger partial charge >= 0.3 is 6.03 Å². The predicted octanol–water partition coefficient (Wildman–Crippen LogP) is 2.13. The number of methoxy groups -OCH3 is 1. The molecule has 2 saturated heterocycles. The second-order valence-corrected chi connectivity index (χ2v) is 9.37. The summed E-state index contributed by atoms with van der Waals surface area (Å²) in [4.78, 5) is 41.8. The third-order valence-corrected chi connectivity index (χ3v) is 7.06. The number of nitrogens with zero attached hydrogens (tertiary/aromatic N) is 6. The monoisotopic (exact) mass is 483 g/mol. The van der Waals surface area contributed by atoms with E-state index in [1.54, 1.807) is 31.0 Å². The maximum Gasteiger partial charge on any atom is 0.317 e. The van der Waals surface area contributed by atoms with Crippen molar-refractivity contribution in [3.8, 4) is 5.88 Å². The van der Waals surface area contributed by atoms with Crippen LogP contribution in [0.3, 0.4) is 0 Å². The number of pyridine rings is 1. The zero-order chi connectivity index (χ0) is 23.9. The molecule has 3 amide bonds. The van der Waals surface area contributed by atoms with Gasteiger partial charge in [0.25, 0.3) is 5.91 Å². The molecule has 2 aliphatic rings. The molecular formula is C23H26ClN7O3. The molecule has 5 rings (SSSR count). The zero-order valence-electron chi connectivity index (χ0n) is 19.1. The Morgan fingerprint density at radius 1 is 1.18 bits per heavy atom. The average molecular weight is 484 g/mol. The van der Waals surface area contributed by atoms with Gasteiger partial charge < -0.3 is 24.4 Å². The van der Waals surface area contributed by atoms with E-state index in [0.29, 0.717) is 66.9 Å². The molecular weight excluding hydrogens is 458 g/mol. The predicted molar refractivity (Wildman–Crippen MR) is 126 cm³/mol. The van der Waals surface area contributed by atoms with E-state index < -0.39 is 0 Å². The molecule has 0 aliphatic carbocycles. The molecule has 0 saturated carbocycles. The normalized spacial score (nSPS) is 16.7. The number of ether oxygens (including phenoxy) is 1. The molecule has 34 heavy (non-hydrogen) atoms. The number of aryl methyl sites for hydroxylation is 1. The van der Waals surface area contributed by atoms with Crippen molar-refractivity contribution in [3.05, 3.63) is 47.1 Å². The smallest absolute Gasteiger partial charge is 0.317 e. The van der Waals surface area contributed by atoms with Gasteiger partial charge in [-0.3, -0.25) is 4.79 Å². The van der Waals surface area contributed by atoms with Crippen LogP contribution in [0.4, 0.5) is 4.79 Å². The molecule has 0 radical (unpaired) electrons. The van der Waals surface area contributed by atoms with E-state index in [4.69, 9.17) is 16.3 Å². The summed E-state index contributed by atoms with van der Waals surface area (Å²) < 4.78 is 6.89. The average Bonchev–Trinajstić information content (AvgIpc) is 3.41. The third-order valence-electron chi connectivity index (χ3n) is 6.76. The van der Waals surface area contributed by atoms with Crippen LogP contribution in [0.25, 0.3) is 11.0 Å². The number of rotatable bonds is 5. The summed E-state index contributed by atoms with van der Waals surface area (Å²) in [5.74, 6) is 0.506. The molecule has 2 aliphatic heterocycles. The van der Waals surface area contributed by atoms with Crippen LogP contribution in [0.2, 0.25) is 5.15 Å². The summed E-state index contributed by atoms with van der Waals surface area (Å²) in [6, 6.07) is 5.46. The van der Waals surface area contributed by atoms with Gasteiger partial charge in [0.15, 0.2) is 0 Å². The van der Waals surface area contributed by atoms with Gasteiger partial charge in [0.1, 0.15) is 22.8 Å². The lowest BCUT2D eigenvalue weighted by Gasteiger charge is -2.47. The first-order valence-corrected chi connectivity index (χ1v) is 11.5. The van der Waals surface area contributed by atoms with Crippen molar-refractivity contribution in [1.29, 1.82) is 0 Å². The van der Waals surface area contributed by atoms with E-state index >= 15 is 0 Å². The van der Waals surface area contributed by atoms with Crippen LogP contribution >= 0.6 is 11.6 Å². The molecule has 0 atom stereocenters. The largest absolute Gasteiger partial charge is 0.481 e. The first kappa shape index (κ1) is 22.4. The molecule has 3 aromatic rings. The summed E-state index contributed by atoms with van der Waals surface area (Å²) in [5, 5.41) is 4.00. The highest BCUT2D eigenvalue weighted by atomic mass is 35.5. The third kappa shape index (κ3) is 4.02. The van der Waals surface area contributed by atoms with E-state index in [2.05, 4.69) is 20.3 Å². The second-order valence-electron chi connectivity index (χ2n) is 9.01. The maximum absolute atomic E-state index is 13.1. The van der Waals surface area contributed by atoms with Crippen molar-refractivity contribution < 1.29 is 14.3 Å². The van der Waals surface area contributed by atoms with Gasteiger partial charge in [-0.05, 0) is 30.5 Å². The molecule has 0 unspecified atom stereocenters. The van der Waals surface area contributed by atoms with Gasteiger partial charge in [0.2, 0.25) is 5.88 Å². The fraction of sp³-hybridized carbons (Fsp3) is 0.435. The number of likely N-dealkylation sites (tertiary alicyclic amines) is 2. The Bertz CT molecular complexity index is 1250. The van der Waals surface area contributed by atoms with Crippen molar-refractivity contribution in [1.82, 2.24) is 34.6 Å². The van der Waals surface area contributed by atoms with Crippen LogP contribution in [-0.2, 0) is 13.5 Å². The number of carbonyl (C=O) groups is 2. The molecule has 1 spiro atoms. The lowest BCUT2D eigenvalue weighted by Crippen LogP contribution is -2.60. The Morgan fingerprint density at radius 2 is 1.97 bits per heavy atom. The van der Waals surface area contributed by atoms with E-state index in [-0.39, 0.29) is 17.4 Å². The number of nitrogens with one attached hydrogen (secondary N) is 1. The number of hydrogen-bond acceptors (Lipinski definition) is 6. The van der Waals surface area contributed by atoms with Crippen LogP contribution < -0.4 is 10.1 Å². The molecule has 10 nitrogen and oxygen atoms in total. The van der Waals surface area contributed by atoms with Gasteiger partial charge in [-0.25, -0.2) is 19.7 Å². The quantitative estimate of drug-likeness (QED) is 0.557. The number of urea groups is 1. The molecule has 178 valence electrons. The standard InChI is InChI=1S/C23H26ClN7O3/c1-29-17(10-16-19(24)27-14-28-20(16)29)21(32)31-12-23(13-31)5-8-30(11-23)22(33)26-7-4-15-3-6-25-18(9-15)34-2/h3,6,9-10,14H,4-5,7-8,11-13H2,1-2H3,(H,26,33). The number of aromatic nitrogens is 4. The van der Waals surface area contributed by atoms with Crippen LogP contribution in [-0.4, -0.2) is 81.1 Å². The summed E-state index contributed by atoms with van der Waals surface area (Å²) in [7, 11) is 3.39. The first-order valence-electron chi connectivity index (χ1n) is 11.2. The molecule has 11 heteroatoms. The Balaban J connectivity index is 1.14. The summed E-state index contributed by atoms with van der Waals surface area (Å²) in [6.07, 6.45) is 4.68. The highest BCUT2D eigenvalue weighted by molar-refractivity contribution is 6.34. The van der Waals surface area contributed by atoms with Gasteiger partial charge in [-0.15, -0.1) is 0 Å². The van der Waals surface area contributed by atoms with Crippen molar-refractivity contribution in [2.75, 3.05) is 39.8 Å². The Labute approximate surface area is 201 Å². The maximum atomic E-state index is 13.1. The lowest BCUT2D eigenvalue weighted by molar-refractivity contribution is 0.0116. The zero-order valence-corrected chi connectivity index (χ0v) is 19.9. The summed E-state index contributed by atoms with van der Waals surface area (Å²) in [5.41, 5.74) is 2.19. The minimum absolute atomic E-state index is 0.0342. The fourth-order valence-electron chi connectivity index (χ4n) is 4.89. The molecule has 5 heterocycles. The Hall–Kier alpha value is -3.40. The molecule has 0 aromatic carbocycles. The van der Waals surface area contributed by atoms with Gasteiger partial charge in [0.05, 0.1) is 12.5 Å². The number of halogens is 1. The fourth-order valence-corrected chi connectivity index (χ4v) is 5.07. The number of carbonyl (C=O) groups excluding carboxylic acids is 2. The van der Waals surface area contributed by atoms with Crippen molar-refractivity contribution >= 4 is 34.6 Å². The number of hydrogen-bond donors (Lipinski definition) is 1. The molecule has 2 fully saturated rings. The Morgan fingerprint density at radius 3 is 2.74 bits per heavy atom. The molecule has 3 aromatic heterocycles. The van der Waals surface area contributed by atoms with Gasteiger partial charge in [-0.1, -0.05) is 11.6 Å². The second kappa shape index (κ2) is 8.75. The van der Waals surface area contributed by atoms with E-state index in [1.165, 1.54) is 6.33 Å². The lowest BCUT2D eigenvalue weighted by atomic mass is 9.79. The topological polar surface area (TPSA) is 105 Å². The van der Waals surface area contributed by atoms with Crippen molar-refractivity contribution in [2.45, 2.75) is 12.8 Å². The van der Waals surface area contributed by atoms with Gasteiger partial charge in [-0.2, -0.15) is 0 Å².